The molecule has 9 heteroatoms. The molecule has 0 bridgehead atoms. The minimum absolute atomic E-state index is 0.00762. The van der Waals surface area contributed by atoms with E-state index >= 15 is 0 Å². The number of aryl methyl sites for hydroxylation is 3. The van der Waals surface area contributed by atoms with Gasteiger partial charge in [-0.3, -0.25) is 9.59 Å². The number of carbonyl (C=O) groups is 1. The van der Waals surface area contributed by atoms with Crippen molar-refractivity contribution in [2.24, 2.45) is 5.73 Å². The number of rotatable bonds is 8. The number of thiazole rings is 1. The van der Waals surface area contributed by atoms with Crippen molar-refractivity contribution in [3.63, 3.8) is 0 Å². The number of nitrogens with two attached hydrogens (primary N) is 2. The summed E-state index contributed by atoms with van der Waals surface area (Å²) in [5.41, 5.74) is 15.1. The van der Waals surface area contributed by atoms with Gasteiger partial charge in [0.2, 0.25) is 5.91 Å². The maximum absolute atomic E-state index is 12.9. The molecule has 5 N–H and O–H groups in total. The number of benzene rings is 1. The second-order valence-electron chi connectivity index (χ2n) is 6.97. The van der Waals surface area contributed by atoms with E-state index in [2.05, 4.69) is 10.3 Å². The number of carbonyl (C=O) groups excluding carboxylic acids is 1. The molecule has 1 amide bonds. The molecule has 2 heterocycles. The fraction of sp³-hybridized carbons (Fsp3) is 0.286. The largest absolute Gasteiger partial charge is 0.375 e. The van der Waals surface area contributed by atoms with E-state index in [9.17, 15) is 9.59 Å². The van der Waals surface area contributed by atoms with Crippen LogP contribution in [0.3, 0.4) is 0 Å². The molecule has 0 atom stereocenters. The molecular formula is C21H24ClN5O2S. The third-order valence-corrected chi connectivity index (χ3v) is 5.84. The van der Waals surface area contributed by atoms with Crippen LogP contribution in [-0.2, 0) is 37.3 Å². The van der Waals surface area contributed by atoms with Crippen LogP contribution in [0.5, 0.6) is 0 Å². The second-order valence-corrected chi connectivity index (χ2v) is 8.30. The fourth-order valence-electron chi connectivity index (χ4n) is 3.15. The Labute approximate surface area is 183 Å². The number of nitrogens with zero attached hydrogens (tertiary/aromatic N) is 2. The van der Waals surface area contributed by atoms with Gasteiger partial charge in [-0.2, -0.15) is 0 Å². The quantitative estimate of drug-likeness (QED) is 0.492. The Kier molecular flexibility index (Phi) is 7.25. The molecule has 0 aliphatic heterocycles. The lowest BCUT2D eigenvalue weighted by atomic mass is 10.1. The lowest BCUT2D eigenvalue weighted by molar-refractivity contribution is -0.120. The number of halogens is 1. The molecule has 0 radical (unpaired) electrons. The molecule has 2 aromatic heterocycles. The van der Waals surface area contributed by atoms with E-state index < -0.39 is 0 Å². The Hall–Kier alpha value is -2.68. The molecule has 0 aliphatic carbocycles. The fourth-order valence-corrected chi connectivity index (χ4v) is 3.94. The number of aromatic nitrogens is 2. The highest BCUT2D eigenvalue weighted by Crippen LogP contribution is 2.16. The molecule has 3 aromatic rings. The molecule has 0 unspecified atom stereocenters. The summed E-state index contributed by atoms with van der Waals surface area (Å²) in [5, 5.41) is 5.84. The Balaban J connectivity index is 1.67. The zero-order valence-electron chi connectivity index (χ0n) is 16.7. The van der Waals surface area contributed by atoms with Gasteiger partial charge in [0.05, 0.1) is 12.1 Å². The minimum atomic E-state index is -0.233. The van der Waals surface area contributed by atoms with Crippen molar-refractivity contribution in [1.29, 1.82) is 0 Å². The van der Waals surface area contributed by atoms with E-state index in [0.717, 1.165) is 22.4 Å². The van der Waals surface area contributed by atoms with Crippen molar-refractivity contribution in [3.8, 4) is 0 Å². The number of pyridine rings is 1. The van der Waals surface area contributed by atoms with E-state index in [4.69, 9.17) is 23.1 Å². The van der Waals surface area contributed by atoms with Crippen LogP contribution in [0.4, 0.5) is 5.13 Å². The monoisotopic (exact) mass is 445 g/mol. The average Bonchev–Trinajstić information content (AvgIpc) is 3.14. The molecule has 0 saturated heterocycles. The molecular weight excluding hydrogens is 422 g/mol. The molecule has 0 saturated carbocycles. The first-order valence-electron chi connectivity index (χ1n) is 9.50. The highest BCUT2D eigenvalue weighted by molar-refractivity contribution is 7.13. The first-order valence-corrected chi connectivity index (χ1v) is 10.8. The van der Waals surface area contributed by atoms with Crippen molar-refractivity contribution in [2.75, 3.05) is 5.73 Å². The molecule has 30 heavy (non-hydrogen) atoms. The SMILES string of the molecule is Cc1ccn(CCc2csc(N)n2)c(=O)c1CC(=O)NCc1cc(Cl)ccc1CN. The molecule has 3 rings (SSSR count). The minimum Gasteiger partial charge on any atom is -0.375 e. The summed E-state index contributed by atoms with van der Waals surface area (Å²) in [6.45, 7) is 2.96. The number of anilines is 1. The van der Waals surface area contributed by atoms with Gasteiger partial charge in [-0.15, -0.1) is 11.3 Å². The number of nitrogen functional groups attached to an aromatic ring is 1. The van der Waals surface area contributed by atoms with Gasteiger partial charge < -0.3 is 21.4 Å². The van der Waals surface area contributed by atoms with Gasteiger partial charge in [-0.25, -0.2) is 4.98 Å². The zero-order chi connectivity index (χ0) is 21.7. The number of hydrogen-bond donors (Lipinski definition) is 3. The maximum Gasteiger partial charge on any atom is 0.254 e. The van der Waals surface area contributed by atoms with E-state index in [1.54, 1.807) is 22.9 Å². The highest BCUT2D eigenvalue weighted by Gasteiger charge is 2.13. The standard InChI is InChI=1S/C21H24ClN5O2S/c1-13-4-6-27(7-5-17-12-30-21(24)26-17)20(29)18(13)9-19(28)25-11-15-8-16(22)3-2-14(15)10-23/h2-4,6,8,12H,5,7,9-11,23H2,1H3,(H2,24,26)(H,25,28). The summed E-state index contributed by atoms with van der Waals surface area (Å²) < 4.78 is 1.61. The van der Waals surface area contributed by atoms with Crippen LogP contribution in [0.2, 0.25) is 5.02 Å². The van der Waals surface area contributed by atoms with Gasteiger partial charge in [0.15, 0.2) is 5.13 Å². The lowest BCUT2D eigenvalue weighted by Crippen LogP contribution is -2.31. The van der Waals surface area contributed by atoms with Gasteiger partial charge in [0.1, 0.15) is 0 Å². The van der Waals surface area contributed by atoms with Crippen molar-refractivity contribution in [3.05, 3.63) is 79.2 Å². The average molecular weight is 446 g/mol. The van der Waals surface area contributed by atoms with E-state index in [1.165, 1.54) is 11.3 Å². The first kappa shape index (κ1) is 22.0. The second kappa shape index (κ2) is 9.88. The van der Waals surface area contributed by atoms with E-state index in [1.807, 2.05) is 24.4 Å². The van der Waals surface area contributed by atoms with Gasteiger partial charge in [-0.1, -0.05) is 17.7 Å². The highest BCUT2D eigenvalue weighted by atomic mass is 35.5. The number of hydrogen-bond acceptors (Lipinski definition) is 6. The van der Waals surface area contributed by atoms with Crippen molar-refractivity contribution >= 4 is 34.0 Å². The Morgan fingerprint density at radius 1 is 1.30 bits per heavy atom. The zero-order valence-corrected chi connectivity index (χ0v) is 18.2. The molecule has 0 fully saturated rings. The van der Waals surface area contributed by atoms with Crippen molar-refractivity contribution in [1.82, 2.24) is 14.9 Å². The normalized spacial score (nSPS) is 10.9. The topological polar surface area (TPSA) is 116 Å². The Morgan fingerprint density at radius 2 is 2.10 bits per heavy atom. The molecule has 7 nitrogen and oxygen atoms in total. The summed E-state index contributed by atoms with van der Waals surface area (Å²) in [4.78, 5) is 29.6. The summed E-state index contributed by atoms with van der Waals surface area (Å²) >= 11 is 7.42. The van der Waals surface area contributed by atoms with Crippen LogP contribution >= 0.6 is 22.9 Å². The molecule has 1 aromatic carbocycles. The Morgan fingerprint density at radius 3 is 2.80 bits per heavy atom. The summed E-state index contributed by atoms with van der Waals surface area (Å²) in [6, 6.07) is 7.25. The Bertz CT molecular complexity index is 1110. The third-order valence-electron chi connectivity index (χ3n) is 4.88. The van der Waals surface area contributed by atoms with Gasteiger partial charge in [-0.05, 0) is 41.8 Å². The summed E-state index contributed by atoms with van der Waals surface area (Å²) in [7, 11) is 0. The van der Waals surface area contributed by atoms with Crippen molar-refractivity contribution in [2.45, 2.75) is 39.4 Å². The van der Waals surface area contributed by atoms with Crippen LogP contribution in [0.1, 0.15) is 27.9 Å². The van der Waals surface area contributed by atoms with E-state index in [0.29, 0.717) is 41.8 Å². The van der Waals surface area contributed by atoms with Gasteiger partial charge >= 0.3 is 0 Å². The van der Waals surface area contributed by atoms with Crippen LogP contribution in [0.15, 0.2) is 40.6 Å². The number of nitrogens with one attached hydrogen (secondary N) is 1. The summed E-state index contributed by atoms with van der Waals surface area (Å²) in [5.74, 6) is -0.233. The molecule has 0 spiro atoms. The van der Waals surface area contributed by atoms with Crippen LogP contribution in [-0.4, -0.2) is 15.5 Å². The lowest BCUT2D eigenvalue weighted by Gasteiger charge is -2.12. The van der Waals surface area contributed by atoms with Gasteiger partial charge in [0, 0.05) is 48.2 Å². The predicted octanol–water partition coefficient (Wildman–Crippen LogP) is 2.41. The number of amides is 1. The molecule has 158 valence electrons. The van der Waals surface area contributed by atoms with Crippen LogP contribution < -0.4 is 22.3 Å². The first-order chi connectivity index (χ1) is 14.4. The van der Waals surface area contributed by atoms with Crippen LogP contribution in [0.25, 0.3) is 0 Å². The third kappa shape index (κ3) is 5.47. The van der Waals surface area contributed by atoms with Crippen LogP contribution in [0, 0.1) is 6.92 Å². The maximum atomic E-state index is 12.9. The summed E-state index contributed by atoms with van der Waals surface area (Å²) in [6.07, 6.45) is 2.35. The predicted molar refractivity (Wildman–Crippen MR) is 121 cm³/mol. The van der Waals surface area contributed by atoms with Gasteiger partial charge in [0.25, 0.3) is 5.56 Å². The smallest absolute Gasteiger partial charge is 0.254 e. The van der Waals surface area contributed by atoms with E-state index in [-0.39, 0.29) is 17.9 Å². The van der Waals surface area contributed by atoms with Crippen molar-refractivity contribution < 1.29 is 4.79 Å². The molecule has 0 aliphatic rings.